The molecule has 0 spiro atoms. The molecule has 6 nitrogen and oxygen atoms in total. The Hall–Kier alpha value is -3.71. The van der Waals surface area contributed by atoms with Crippen LogP contribution in [0.3, 0.4) is 0 Å². The number of anilines is 2. The summed E-state index contributed by atoms with van der Waals surface area (Å²) in [6, 6.07) is 18.8. The third kappa shape index (κ3) is 3.19. The van der Waals surface area contributed by atoms with E-state index in [1.807, 2.05) is 0 Å². The number of methoxy groups -OCH3 is 1. The van der Waals surface area contributed by atoms with Crippen molar-refractivity contribution in [1.82, 2.24) is 0 Å². The third-order valence-corrected chi connectivity index (χ3v) is 5.06. The van der Waals surface area contributed by atoms with Gasteiger partial charge >= 0.3 is 0 Å². The predicted molar refractivity (Wildman–Crippen MR) is 110 cm³/mol. The lowest BCUT2D eigenvalue weighted by Crippen LogP contribution is -2.44. The van der Waals surface area contributed by atoms with Gasteiger partial charge in [0, 0.05) is 11.1 Å². The van der Waals surface area contributed by atoms with E-state index in [4.69, 9.17) is 4.74 Å². The van der Waals surface area contributed by atoms with Gasteiger partial charge in [0.05, 0.1) is 18.5 Å². The zero-order valence-electron chi connectivity index (χ0n) is 16.1. The molecule has 3 aromatic carbocycles. The van der Waals surface area contributed by atoms with E-state index in [2.05, 4.69) is 5.32 Å². The van der Waals surface area contributed by atoms with Crippen LogP contribution in [0.5, 0.6) is 5.75 Å². The Labute approximate surface area is 172 Å². The van der Waals surface area contributed by atoms with E-state index < -0.39 is 23.2 Å². The number of amides is 2. The van der Waals surface area contributed by atoms with Crippen molar-refractivity contribution in [1.29, 1.82) is 0 Å². The van der Waals surface area contributed by atoms with Crippen LogP contribution >= 0.6 is 0 Å². The van der Waals surface area contributed by atoms with E-state index in [1.54, 1.807) is 48.5 Å². The first kappa shape index (κ1) is 19.6. The number of rotatable bonds is 5. The summed E-state index contributed by atoms with van der Waals surface area (Å²) in [4.78, 5) is 27.1. The van der Waals surface area contributed by atoms with E-state index in [1.165, 1.54) is 30.2 Å². The Morgan fingerprint density at radius 3 is 2.60 bits per heavy atom. The van der Waals surface area contributed by atoms with Crippen LogP contribution in [0.25, 0.3) is 0 Å². The Bertz CT molecular complexity index is 1130. The van der Waals surface area contributed by atoms with Gasteiger partial charge in [-0.3, -0.25) is 14.5 Å². The van der Waals surface area contributed by atoms with Crippen molar-refractivity contribution in [3.63, 3.8) is 0 Å². The summed E-state index contributed by atoms with van der Waals surface area (Å²) in [6.45, 7) is -0.328. The SMILES string of the molecule is COc1ccccc1NC(=O)CN1C(=O)[C@](O)(c2cccc(F)c2)c2ccccc21. The van der Waals surface area contributed by atoms with Crippen molar-refractivity contribution >= 4 is 23.2 Å². The standard InChI is InChI=1S/C23H19FN2O4/c1-30-20-12-5-3-10-18(20)25-21(27)14-26-19-11-4-2-9-17(19)23(29,22(26)28)15-7-6-8-16(24)13-15/h2-13,29H,14H2,1H3,(H,25,27)/t23-/m0/s1. The number of nitrogens with one attached hydrogen (secondary N) is 1. The minimum atomic E-state index is -2.08. The van der Waals surface area contributed by atoms with Gasteiger partial charge in [0.1, 0.15) is 18.1 Å². The first-order valence-corrected chi connectivity index (χ1v) is 9.28. The van der Waals surface area contributed by atoms with Gasteiger partial charge in [-0.25, -0.2) is 4.39 Å². The first-order valence-electron chi connectivity index (χ1n) is 9.28. The number of nitrogens with zero attached hydrogens (tertiary/aromatic N) is 1. The second-order valence-electron chi connectivity index (χ2n) is 6.88. The fraction of sp³-hybridized carbons (Fsp3) is 0.130. The van der Waals surface area contributed by atoms with Gasteiger partial charge in [-0.05, 0) is 30.3 Å². The van der Waals surface area contributed by atoms with Crippen LogP contribution in [0, 0.1) is 5.82 Å². The monoisotopic (exact) mass is 406 g/mol. The number of halogens is 1. The second-order valence-corrected chi connectivity index (χ2v) is 6.88. The maximum Gasteiger partial charge on any atom is 0.268 e. The number of aliphatic hydroxyl groups is 1. The van der Waals surface area contributed by atoms with Gasteiger partial charge in [0.2, 0.25) is 5.91 Å². The molecular formula is C23H19FN2O4. The van der Waals surface area contributed by atoms with Crippen LogP contribution in [0.4, 0.5) is 15.8 Å². The van der Waals surface area contributed by atoms with Gasteiger partial charge in [-0.2, -0.15) is 0 Å². The summed E-state index contributed by atoms with van der Waals surface area (Å²) in [5, 5.41) is 14.1. The largest absolute Gasteiger partial charge is 0.495 e. The van der Waals surface area contributed by atoms with Crippen LogP contribution in [0.1, 0.15) is 11.1 Å². The number of fused-ring (bicyclic) bond motifs is 1. The molecule has 3 aromatic rings. The Morgan fingerprint density at radius 2 is 1.83 bits per heavy atom. The molecule has 1 aliphatic rings. The molecule has 1 heterocycles. The Balaban J connectivity index is 1.66. The zero-order chi connectivity index (χ0) is 21.3. The average molecular weight is 406 g/mol. The summed E-state index contributed by atoms with van der Waals surface area (Å²) < 4.78 is 19.0. The molecule has 2 amide bonds. The van der Waals surface area contributed by atoms with Gasteiger partial charge in [0.25, 0.3) is 5.91 Å². The number of ether oxygens (including phenoxy) is 1. The summed E-state index contributed by atoms with van der Waals surface area (Å²) in [5.41, 5.74) is -0.823. The molecule has 0 bridgehead atoms. The van der Waals surface area contributed by atoms with Gasteiger partial charge < -0.3 is 15.2 Å². The molecule has 152 valence electrons. The molecule has 0 fully saturated rings. The second kappa shape index (κ2) is 7.61. The Kier molecular flexibility index (Phi) is 4.97. The van der Waals surface area contributed by atoms with Crippen molar-refractivity contribution in [2.75, 3.05) is 23.9 Å². The number of hydrogen-bond donors (Lipinski definition) is 2. The van der Waals surface area contributed by atoms with E-state index in [0.29, 0.717) is 22.7 Å². The first-order chi connectivity index (χ1) is 14.4. The molecule has 1 atom stereocenters. The fourth-order valence-corrected chi connectivity index (χ4v) is 3.67. The number of benzene rings is 3. The van der Waals surface area contributed by atoms with E-state index in [0.717, 1.165) is 6.07 Å². The molecule has 0 saturated heterocycles. The highest BCUT2D eigenvalue weighted by Gasteiger charge is 2.51. The third-order valence-electron chi connectivity index (χ3n) is 5.06. The summed E-state index contributed by atoms with van der Waals surface area (Å²) >= 11 is 0. The van der Waals surface area contributed by atoms with E-state index in [9.17, 15) is 19.1 Å². The number of carbonyl (C=O) groups is 2. The van der Waals surface area contributed by atoms with Gasteiger partial charge in [0.15, 0.2) is 5.60 Å². The lowest BCUT2D eigenvalue weighted by molar-refractivity contribution is -0.133. The summed E-state index contributed by atoms with van der Waals surface area (Å²) in [6.07, 6.45) is 0. The molecule has 30 heavy (non-hydrogen) atoms. The highest BCUT2D eigenvalue weighted by atomic mass is 19.1. The molecule has 4 rings (SSSR count). The highest BCUT2D eigenvalue weighted by Crippen LogP contribution is 2.44. The van der Waals surface area contributed by atoms with E-state index in [-0.39, 0.29) is 12.1 Å². The van der Waals surface area contributed by atoms with Crippen LogP contribution in [-0.2, 0) is 15.2 Å². The lowest BCUT2D eigenvalue weighted by Gasteiger charge is -2.23. The van der Waals surface area contributed by atoms with Crippen molar-refractivity contribution in [3.05, 3.63) is 89.7 Å². The van der Waals surface area contributed by atoms with Gasteiger partial charge in [-0.15, -0.1) is 0 Å². The zero-order valence-corrected chi connectivity index (χ0v) is 16.1. The molecule has 1 aliphatic heterocycles. The number of hydrogen-bond acceptors (Lipinski definition) is 4. The topological polar surface area (TPSA) is 78.9 Å². The highest BCUT2D eigenvalue weighted by molar-refractivity contribution is 6.12. The quantitative estimate of drug-likeness (QED) is 0.683. The maximum atomic E-state index is 13.8. The summed E-state index contributed by atoms with van der Waals surface area (Å²) in [7, 11) is 1.49. The molecular weight excluding hydrogens is 387 g/mol. The maximum absolute atomic E-state index is 13.8. The minimum absolute atomic E-state index is 0.104. The predicted octanol–water partition coefficient (Wildman–Crippen LogP) is 3.06. The Morgan fingerprint density at radius 1 is 1.10 bits per heavy atom. The molecule has 0 unspecified atom stereocenters. The van der Waals surface area contributed by atoms with Crippen LogP contribution in [-0.4, -0.2) is 30.6 Å². The lowest BCUT2D eigenvalue weighted by atomic mass is 9.87. The van der Waals surface area contributed by atoms with Crippen molar-refractivity contribution in [2.45, 2.75) is 5.60 Å². The molecule has 0 radical (unpaired) electrons. The number of para-hydroxylation sites is 3. The van der Waals surface area contributed by atoms with Gasteiger partial charge in [-0.1, -0.05) is 42.5 Å². The average Bonchev–Trinajstić information content (AvgIpc) is 2.97. The number of carbonyl (C=O) groups excluding carboxylic acids is 2. The van der Waals surface area contributed by atoms with Crippen LogP contribution < -0.4 is 15.0 Å². The molecule has 0 aliphatic carbocycles. The summed E-state index contributed by atoms with van der Waals surface area (Å²) in [5.74, 6) is -1.27. The van der Waals surface area contributed by atoms with Crippen LogP contribution in [0.2, 0.25) is 0 Å². The molecule has 0 saturated carbocycles. The molecule has 2 N–H and O–H groups in total. The van der Waals surface area contributed by atoms with Crippen molar-refractivity contribution in [3.8, 4) is 5.75 Å². The molecule has 0 aromatic heterocycles. The fourth-order valence-electron chi connectivity index (χ4n) is 3.67. The van der Waals surface area contributed by atoms with Crippen molar-refractivity contribution < 1.29 is 23.8 Å². The van der Waals surface area contributed by atoms with E-state index >= 15 is 0 Å². The minimum Gasteiger partial charge on any atom is -0.495 e. The van der Waals surface area contributed by atoms with Crippen molar-refractivity contribution in [2.24, 2.45) is 0 Å². The molecule has 7 heteroatoms. The normalized spacial score (nSPS) is 17.6. The smallest absolute Gasteiger partial charge is 0.268 e. The van der Waals surface area contributed by atoms with Crippen LogP contribution in [0.15, 0.2) is 72.8 Å².